The maximum absolute atomic E-state index is 13.4. The highest BCUT2D eigenvalue weighted by atomic mass is 79.9. The van der Waals surface area contributed by atoms with Crippen molar-refractivity contribution in [2.24, 2.45) is 0 Å². The molecule has 0 heterocycles. The van der Waals surface area contributed by atoms with Crippen molar-refractivity contribution in [2.75, 3.05) is 7.11 Å². The molecule has 2 rings (SSSR count). The Bertz CT molecular complexity index is 580. The van der Waals surface area contributed by atoms with Gasteiger partial charge in [0.15, 0.2) is 0 Å². The molecule has 2 aromatic carbocycles. The number of ether oxygens (including phenoxy) is 1. The minimum absolute atomic E-state index is 0.106. The van der Waals surface area contributed by atoms with E-state index in [9.17, 15) is 4.39 Å². The second kappa shape index (κ2) is 5.93. The first-order chi connectivity index (χ1) is 9.01. The van der Waals surface area contributed by atoms with E-state index in [0.29, 0.717) is 10.8 Å². The lowest BCUT2D eigenvalue weighted by Crippen LogP contribution is -1.95. The number of methoxy groups -OCH3 is 1. The molecule has 0 spiro atoms. The van der Waals surface area contributed by atoms with Crippen LogP contribution in [0.2, 0.25) is 5.02 Å². The summed E-state index contributed by atoms with van der Waals surface area (Å²) in [6.45, 7) is 1.87. The van der Waals surface area contributed by atoms with Crippen LogP contribution in [0.3, 0.4) is 0 Å². The molecule has 0 aliphatic heterocycles. The average molecular weight is 344 g/mol. The highest BCUT2D eigenvalue weighted by Gasteiger charge is 2.13. The van der Waals surface area contributed by atoms with Crippen molar-refractivity contribution in [3.05, 3.63) is 63.9 Å². The Morgan fingerprint density at radius 3 is 2.47 bits per heavy atom. The van der Waals surface area contributed by atoms with Crippen molar-refractivity contribution in [1.29, 1.82) is 0 Å². The fourth-order valence-corrected chi connectivity index (χ4v) is 2.76. The smallest absolute Gasteiger partial charge is 0.137 e. The van der Waals surface area contributed by atoms with Crippen molar-refractivity contribution in [3.8, 4) is 5.75 Å². The van der Waals surface area contributed by atoms with Gasteiger partial charge in [-0.1, -0.05) is 39.7 Å². The average Bonchev–Trinajstić information content (AvgIpc) is 2.36. The van der Waals surface area contributed by atoms with Gasteiger partial charge in [0.05, 0.1) is 17.0 Å². The Morgan fingerprint density at radius 2 is 1.89 bits per heavy atom. The maximum atomic E-state index is 13.4. The van der Waals surface area contributed by atoms with Gasteiger partial charge in [0, 0.05) is 0 Å². The van der Waals surface area contributed by atoms with E-state index in [1.807, 2.05) is 25.1 Å². The SMILES string of the molecule is COc1ccc(C(Br)c2cc(C)cc(F)c2)cc1Cl. The molecule has 0 aliphatic rings. The second-order valence-electron chi connectivity index (χ2n) is 4.32. The Kier molecular flexibility index (Phi) is 4.48. The fourth-order valence-electron chi connectivity index (χ4n) is 1.94. The largest absolute Gasteiger partial charge is 0.495 e. The molecule has 0 N–H and O–H groups in total. The van der Waals surface area contributed by atoms with E-state index in [0.717, 1.165) is 16.7 Å². The topological polar surface area (TPSA) is 9.23 Å². The lowest BCUT2D eigenvalue weighted by Gasteiger charge is -2.13. The zero-order chi connectivity index (χ0) is 14.0. The molecule has 0 radical (unpaired) electrons. The Morgan fingerprint density at radius 1 is 1.16 bits per heavy atom. The van der Waals surface area contributed by atoms with E-state index in [4.69, 9.17) is 16.3 Å². The molecule has 1 unspecified atom stereocenters. The highest BCUT2D eigenvalue weighted by Crippen LogP contribution is 2.35. The van der Waals surface area contributed by atoms with E-state index in [1.54, 1.807) is 13.2 Å². The zero-order valence-corrected chi connectivity index (χ0v) is 12.9. The summed E-state index contributed by atoms with van der Waals surface area (Å²) < 4.78 is 18.6. The summed E-state index contributed by atoms with van der Waals surface area (Å²) in [5, 5.41) is 0.539. The third kappa shape index (κ3) is 3.28. The fraction of sp³-hybridized carbons (Fsp3) is 0.200. The van der Waals surface area contributed by atoms with Crippen molar-refractivity contribution >= 4 is 27.5 Å². The van der Waals surface area contributed by atoms with Crippen LogP contribution in [0.25, 0.3) is 0 Å². The van der Waals surface area contributed by atoms with Gasteiger partial charge in [0.25, 0.3) is 0 Å². The third-order valence-electron chi connectivity index (χ3n) is 2.83. The van der Waals surface area contributed by atoms with Crippen LogP contribution < -0.4 is 4.74 Å². The van der Waals surface area contributed by atoms with E-state index < -0.39 is 0 Å². The van der Waals surface area contributed by atoms with E-state index in [1.165, 1.54) is 12.1 Å². The Hall–Kier alpha value is -1.06. The van der Waals surface area contributed by atoms with Gasteiger partial charge >= 0.3 is 0 Å². The monoisotopic (exact) mass is 342 g/mol. The number of benzene rings is 2. The van der Waals surface area contributed by atoms with Gasteiger partial charge in [0.2, 0.25) is 0 Å². The summed E-state index contributed by atoms with van der Waals surface area (Å²) in [4.78, 5) is -0.106. The van der Waals surface area contributed by atoms with Crippen LogP contribution in [0.15, 0.2) is 36.4 Å². The van der Waals surface area contributed by atoms with Crippen molar-refractivity contribution in [3.63, 3.8) is 0 Å². The number of rotatable bonds is 3. The molecule has 0 bridgehead atoms. The van der Waals surface area contributed by atoms with Crippen LogP contribution in [-0.2, 0) is 0 Å². The number of alkyl halides is 1. The van der Waals surface area contributed by atoms with Crippen molar-refractivity contribution < 1.29 is 9.13 Å². The summed E-state index contributed by atoms with van der Waals surface area (Å²) in [6, 6.07) is 10.5. The summed E-state index contributed by atoms with van der Waals surface area (Å²) in [7, 11) is 1.57. The van der Waals surface area contributed by atoms with Gasteiger partial charge in [-0.05, 0) is 47.9 Å². The minimum Gasteiger partial charge on any atom is -0.495 e. The van der Waals surface area contributed by atoms with Crippen LogP contribution in [-0.4, -0.2) is 7.11 Å². The molecule has 0 aromatic heterocycles. The van der Waals surface area contributed by atoms with Gasteiger partial charge in [-0.2, -0.15) is 0 Å². The lowest BCUT2D eigenvalue weighted by atomic mass is 10.0. The van der Waals surface area contributed by atoms with Crippen LogP contribution in [0, 0.1) is 12.7 Å². The number of hydrogen-bond donors (Lipinski definition) is 0. The van der Waals surface area contributed by atoms with E-state index in [2.05, 4.69) is 15.9 Å². The standard InChI is InChI=1S/C15H13BrClFO/c1-9-5-11(7-12(18)6-9)15(16)10-3-4-14(19-2)13(17)8-10/h3-8,15H,1-2H3. The number of hydrogen-bond acceptors (Lipinski definition) is 1. The van der Waals surface area contributed by atoms with Gasteiger partial charge in [-0.15, -0.1) is 0 Å². The molecule has 0 amide bonds. The van der Waals surface area contributed by atoms with Crippen molar-refractivity contribution in [2.45, 2.75) is 11.8 Å². The number of aryl methyl sites for hydroxylation is 1. The molecule has 100 valence electrons. The summed E-state index contributed by atoms with van der Waals surface area (Å²) in [5.74, 6) is 0.389. The minimum atomic E-state index is -0.237. The third-order valence-corrected chi connectivity index (χ3v) is 4.18. The molecular weight excluding hydrogens is 331 g/mol. The molecular formula is C15H13BrClFO. The molecule has 1 nitrogen and oxygen atoms in total. The first kappa shape index (κ1) is 14.4. The van der Waals surface area contributed by atoms with Crippen LogP contribution in [0.1, 0.15) is 21.5 Å². The zero-order valence-electron chi connectivity index (χ0n) is 10.6. The molecule has 0 saturated heterocycles. The molecule has 1 atom stereocenters. The lowest BCUT2D eigenvalue weighted by molar-refractivity contribution is 0.415. The summed E-state index contributed by atoms with van der Waals surface area (Å²) in [6.07, 6.45) is 0. The molecule has 2 aromatic rings. The summed E-state index contributed by atoms with van der Waals surface area (Å²) in [5.41, 5.74) is 2.70. The van der Waals surface area contributed by atoms with E-state index in [-0.39, 0.29) is 10.6 Å². The van der Waals surface area contributed by atoms with Gasteiger partial charge < -0.3 is 4.74 Å². The predicted octanol–water partition coefficient (Wildman–Crippen LogP) is 5.28. The predicted molar refractivity (Wildman–Crippen MR) is 79.9 cm³/mol. The van der Waals surface area contributed by atoms with Crippen LogP contribution >= 0.6 is 27.5 Å². The molecule has 0 aliphatic carbocycles. The molecule has 19 heavy (non-hydrogen) atoms. The summed E-state index contributed by atoms with van der Waals surface area (Å²) >= 11 is 9.68. The molecule has 4 heteroatoms. The van der Waals surface area contributed by atoms with Crippen molar-refractivity contribution in [1.82, 2.24) is 0 Å². The first-order valence-corrected chi connectivity index (χ1v) is 7.05. The number of halogens is 3. The van der Waals surface area contributed by atoms with Crippen LogP contribution in [0.5, 0.6) is 5.75 Å². The van der Waals surface area contributed by atoms with Gasteiger partial charge in [-0.25, -0.2) is 4.39 Å². The molecule has 0 saturated carbocycles. The second-order valence-corrected chi connectivity index (χ2v) is 5.64. The van der Waals surface area contributed by atoms with Gasteiger partial charge in [0.1, 0.15) is 11.6 Å². The van der Waals surface area contributed by atoms with E-state index >= 15 is 0 Å². The Balaban J connectivity index is 2.38. The highest BCUT2D eigenvalue weighted by molar-refractivity contribution is 9.09. The molecule has 0 fully saturated rings. The normalized spacial score (nSPS) is 12.3. The van der Waals surface area contributed by atoms with Gasteiger partial charge in [-0.3, -0.25) is 0 Å². The first-order valence-electron chi connectivity index (χ1n) is 5.76. The quantitative estimate of drug-likeness (QED) is 0.689. The van der Waals surface area contributed by atoms with Crippen LogP contribution in [0.4, 0.5) is 4.39 Å². The maximum Gasteiger partial charge on any atom is 0.137 e. The Labute approximate surface area is 125 Å².